The van der Waals surface area contributed by atoms with E-state index in [1.807, 2.05) is 36.1 Å². The Balaban J connectivity index is 1.66. The van der Waals surface area contributed by atoms with Crippen LogP contribution >= 0.6 is 0 Å². The molecule has 0 saturated carbocycles. The minimum absolute atomic E-state index is 0.0756. The maximum atomic E-state index is 13.8. The molecule has 190 valence electrons. The highest BCUT2D eigenvalue weighted by molar-refractivity contribution is 5.80. The highest BCUT2D eigenvalue weighted by Crippen LogP contribution is 2.23. The van der Waals surface area contributed by atoms with E-state index >= 15 is 0 Å². The molecule has 4 heterocycles. The van der Waals surface area contributed by atoms with Crippen LogP contribution in [0.3, 0.4) is 0 Å². The number of nitrogens with zero attached hydrogens (tertiary/aromatic N) is 8. The number of anilines is 1. The SMILES string of the molecule is CC#CCn1c(N2CCC[C@@H](NN=O)C2)nc2c1c(=O)n(Cc1nc(C)c3ccccc3n1)c(=O)n2C. The van der Waals surface area contributed by atoms with Crippen LogP contribution in [-0.2, 0) is 20.1 Å². The summed E-state index contributed by atoms with van der Waals surface area (Å²) < 4.78 is 4.26. The summed E-state index contributed by atoms with van der Waals surface area (Å²) in [5.74, 6) is 6.79. The monoisotopic (exact) mass is 501 g/mol. The summed E-state index contributed by atoms with van der Waals surface area (Å²) in [5, 5.41) is 3.75. The number of piperidine rings is 1. The van der Waals surface area contributed by atoms with Crippen LogP contribution in [0, 0.1) is 23.7 Å². The maximum Gasteiger partial charge on any atom is 0.332 e. The van der Waals surface area contributed by atoms with Crippen LogP contribution in [-0.4, -0.2) is 47.8 Å². The molecule has 1 fully saturated rings. The molecular weight excluding hydrogens is 474 g/mol. The largest absolute Gasteiger partial charge is 0.340 e. The van der Waals surface area contributed by atoms with E-state index in [0.29, 0.717) is 24.9 Å². The molecule has 1 aliphatic heterocycles. The molecule has 12 nitrogen and oxygen atoms in total. The van der Waals surface area contributed by atoms with Crippen molar-refractivity contribution in [2.75, 3.05) is 18.0 Å². The number of aromatic nitrogens is 6. The van der Waals surface area contributed by atoms with Crippen molar-refractivity contribution in [2.24, 2.45) is 12.3 Å². The fraction of sp³-hybridized carbons (Fsp3) is 0.400. The smallest absolute Gasteiger partial charge is 0.332 e. The first-order chi connectivity index (χ1) is 17.9. The Morgan fingerprint density at radius 3 is 2.76 bits per heavy atom. The summed E-state index contributed by atoms with van der Waals surface area (Å²) in [5.41, 5.74) is 3.68. The summed E-state index contributed by atoms with van der Waals surface area (Å²) in [4.78, 5) is 53.7. The molecule has 0 spiro atoms. The summed E-state index contributed by atoms with van der Waals surface area (Å²) in [6, 6.07) is 7.48. The van der Waals surface area contributed by atoms with E-state index in [-0.39, 0.29) is 30.3 Å². The topological polar surface area (TPSA) is 132 Å². The van der Waals surface area contributed by atoms with Crippen LogP contribution < -0.4 is 21.6 Å². The van der Waals surface area contributed by atoms with E-state index in [2.05, 4.69) is 32.5 Å². The predicted octanol–water partition coefficient (Wildman–Crippen LogP) is 1.46. The van der Waals surface area contributed by atoms with E-state index in [1.54, 1.807) is 18.5 Å². The van der Waals surface area contributed by atoms with Gasteiger partial charge >= 0.3 is 5.69 Å². The summed E-state index contributed by atoms with van der Waals surface area (Å²) in [7, 11) is 1.59. The van der Waals surface area contributed by atoms with Gasteiger partial charge in [0.05, 0.1) is 24.6 Å². The molecule has 1 atom stereocenters. The third-order valence-electron chi connectivity index (χ3n) is 6.71. The third-order valence-corrected chi connectivity index (χ3v) is 6.71. The molecule has 0 amide bonds. The highest BCUT2D eigenvalue weighted by Gasteiger charge is 2.27. The maximum absolute atomic E-state index is 13.8. The summed E-state index contributed by atoms with van der Waals surface area (Å²) in [6.45, 7) is 4.93. The lowest BCUT2D eigenvalue weighted by molar-refractivity contribution is 0.425. The van der Waals surface area contributed by atoms with Gasteiger partial charge in [-0.3, -0.25) is 23.9 Å². The Kier molecular flexibility index (Phi) is 6.43. The normalized spacial score (nSPS) is 15.5. The first kappa shape index (κ1) is 24.2. The molecule has 3 aromatic heterocycles. The first-order valence-electron chi connectivity index (χ1n) is 12.1. The zero-order valence-corrected chi connectivity index (χ0v) is 20.9. The van der Waals surface area contributed by atoms with Crippen molar-refractivity contribution in [3.8, 4) is 11.8 Å². The van der Waals surface area contributed by atoms with Gasteiger partial charge in [0, 0.05) is 36.5 Å². The minimum Gasteiger partial charge on any atom is -0.340 e. The summed E-state index contributed by atoms with van der Waals surface area (Å²) in [6.07, 6.45) is 1.62. The number of hydrogen-bond acceptors (Lipinski definition) is 8. The number of fused-ring (bicyclic) bond motifs is 2. The van der Waals surface area contributed by atoms with E-state index in [9.17, 15) is 14.5 Å². The first-order valence-corrected chi connectivity index (χ1v) is 12.1. The van der Waals surface area contributed by atoms with Crippen molar-refractivity contribution in [3.63, 3.8) is 0 Å². The van der Waals surface area contributed by atoms with Crippen molar-refractivity contribution in [1.29, 1.82) is 0 Å². The van der Waals surface area contributed by atoms with Gasteiger partial charge < -0.3 is 4.90 Å². The van der Waals surface area contributed by atoms with Gasteiger partial charge in [-0.05, 0) is 32.8 Å². The fourth-order valence-corrected chi connectivity index (χ4v) is 4.89. The van der Waals surface area contributed by atoms with Gasteiger partial charge in [-0.1, -0.05) is 24.1 Å². The molecule has 12 heteroatoms. The van der Waals surface area contributed by atoms with Crippen LogP contribution in [0.2, 0.25) is 0 Å². The number of rotatable bonds is 6. The molecule has 1 aliphatic rings. The van der Waals surface area contributed by atoms with Crippen molar-refractivity contribution < 1.29 is 0 Å². The van der Waals surface area contributed by atoms with Gasteiger partial charge in [0.2, 0.25) is 5.95 Å². The molecule has 5 rings (SSSR count). The van der Waals surface area contributed by atoms with E-state index in [0.717, 1.165) is 34.0 Å². The van der Waals surface area contributed by atoms with Crippen LogP contribution in [0.25, 0.3) is 22.1 Å². The van der Waals surface area contributed by atoms with Crippen LogP contribution in [0.4, 0.5) is 5.95 Å². The molecule has 4 aromatic rings. The number of imidazole rings is 1. The third kappa shape index (κ3) is 4.33. The number of nitrogens with one attached hydrogen (secondary N) is 1. The van der Waals surface area contributed by atoms with Gasteiger partial charge in [-0.2, -0.15) is 4.98 Å². The van der Waals surface area contributed by atoms with Gasteiger partial charge in [0.25, 0.3) is 5.56 Å². The molecule has 37 heavy (non-hydrogen) atoms. The lowest BCUT2D eigenvalue weighted by atomic mass is 10.1. The van der Waals surface area contributed by atoms with E-state index < -0.39 is 11.2 Å². The van der Waals surface area contributed by atoms with Crippen molar-refractivity contribution >= 4 is 28.0 Å². The Bertz CT molecular complexity index is 1690. The quantitative estimate of drug-likeness (QED) is 0.239. The van der Waals surface area contributed by atoms with E-state index in [1.165, 1.54) is 4.57 Å². The Labute approximate surface area is 211 Å². The fourth-order valence-electron chi connectivity index (χ4n) is 4.89. The predicted molar refractivity (Wildman–Crippen MR) is 140 cm³/mol. The number of aryl methyl sites for hydroxylation is 2. The van der Waals surface area contributed by atoms with Gasteiger partial charge in [-0.15, -0.1) is 10.8 Å². The average Bonchev–Trinajstić information content (AvgIpc) is 3.29. The Morgan fingerprint density at radius 2 is 1.97 bits per heavy atom. The van der Waals surface area contributed by atoms with Crippen molar-refractivity contribution in [2.45, 2.75) is 45.8 Å². The zero-order chi connectivity index (χ0) is 26.1. The van der Waals surface area contributed by atoms with Crippen LogP contribution in [0.1, 0.15) is 31.3 Å². The standard InChI is InChI=1S/C25H27N9O3/c1-4-5-13-33-21-22(28-24(33)32-12-8-9-17(14-32)29-30-37)31(3)25(36)34(23(21)35)15-20-26-16(2)18-10-6-7-11-19(18)27-20/h6-7,10-11,17H,8-9,12-15H2,1-3H3,(H,29,37)/t17-/m1/s1. The van der Waals surface area contributed by atoms with E-state index in [4.69, 9.17) is 4.98 Å². The second-order valence-electron chi connectivity index (χ2n) is 9.08. The van der Waals surface area contributed by atoms with Gasteiger partial charge in [0.1, 0.15) is 5.82 Å². The van der Waals surface area contributed by atoms with Gasteiger partial charge in [0.15, 0.2) is 11.2 Å². The van der Waals surface area contributed by atoms with Crippen LogP contribution in [0.15, 0.2) is 39.1 Å². The summed E-state index contributed by atoms with van der Waals surface area (Å²) >= 11 is 0. The number of hydrogen-bond donors (Lipinski definition) is 1. The molecule has 1 N–H and O–H groups in total. The molecule has 0 unspecified atom stereocenters. The zero-order valence-electron chi connectivity index (χ0n) is 20.9. The average molecular weight is 502 g/mol. The lowest BCUT2D eigenvalue weighted by Crippen LogP contribution is -2.45. The second kappa shape index (κ2) is 9.85. The Morgan fingerprint density at radius 1 is 1.16 bits per heavy atom. The molecule has 0 radical (unpaired) electrons. The lowest BCUT2D eigenvalue weighted by Gasteiger charge is -2.32. The second-order valence-corrected chi connectivity index (χ2v) is 9.08. The molecule has 0 bridgehead atoms. The highest BCUT2D eigenvalue weighted by atomic mass is 16.3. The number of para-hydroxylation sites is 1. The van der Waals surface area contributed by atoms with Gasteiger partial charge in [-0.25, -0.2) is 14.8 Å². The molecule has 0 aliphatic carbocycles. The molecule has 1 aromatic carbocycles. The molecule has 1 saturated heterocycles. The minimum atomic E-state index is -0.506. The number of benzene rings is 1. The molecular formula is C25H27N9O3. The van der Waals surface area contributed by atoms with Crippen molar-refractivity contribution in [1.82, 2.24) is 34.1 Å². The Hall–Kier alpha value is -4.53. The van der Waals surface area contributed by atoms with Crippen LogP contribution in [0.5, 0.6) is 0 Å². The number of nitroso groups, excluding NO2 is 1. The van der Waals surface area contributed by atoms with Crippen molar-refractivity contribution in [3.05, 3.63) is 61.5 Å².